The summed E-state index contributed by atoms with van der Waals surface area (Å²) in [6.45, 7) is 9.73. The molecule has 0 spiro atoms. The van der Waals surface area contributed by atoms with Gasteiger partial charge in [0.25, 0.3) is 0 Å². The smallest absolute Gasteiger partial charge is 0.0541 e. The van der Waals surface area contributed by atoms with Crippen LogP contribution in [-0.2, 0) is 23.7 Å². The number of benzene rings is 10. The lowest BCUT2D eigenvalue weighted by atomic mass is 9.69. The Morgan fingerprint density at radius 1 is 0.347 bits per heavy atom. The molecule has 478 valence electrons. The maximum Gasteiger partial charge on any atom is 0.0541 e. The van der Waals surface area contributed by atoms with Crippen LogP contribution in [0.1, 0.15) is 160 Å². The van der Waals surface area contributed by atoms with E-state index in [0.717, 1.165) is 25.7 Å². The molecule has 3 unspecified atom stereocenters. The number of aromatic nitrogens is 2. The van der Waals surface area contributed by atoms with Crippen molar-refractivity contribution in [2.45, 2.75) is 128 Å². The van der Waals surface area contributed by atoms with Gasteiger partial charge >= 0.3 is 0 Å². The van der Waals surface area contributed by atoms with Crippen molar-refractivity contribution in [1.82, 2.24) is 9.13 Å². The summed E-state index contributed by atoms with van der Waals surface area (Å²) in [7, 11) is 0. The number of hydrogen-bond donors (Lipinski definition) is 0. The van der Waals surface area contributed by atoms with Gasteiger partial charge in [-0.25, -0.2) is 0 Å². The molecule has 0 aliphatic heterocycles. The highest BCUT2D eigenvalue weighted by molar-refractivity contribution is 6.04. The molecular formula is C96H84N2. The monoisotopic (exact) mass is 1260 g/mol. The fraction of sp³-hybridized carbons (Fsp3) is 0.229. The Labute approximate surface area is 578 Å². The number of hydrogen-bond acceptors (Lipinski definition) is 0. The van der Waals surface area contributed by atoms with Crippen LogP contribution in [-0.4, -0.2) is 9.13 Å². The largest absolute Gasteiger partial charge is 0.313 e. The lowest BCUT2D eigenvalue weighted by Gasteiger charge is -2.36. The first-order chi connectivity index (χ1) is 48.1. The van der Waals surface area contributed by atoms with Crippen LogP contribution in [0.25, 0.3) is 107 Å². The highest BCUT2D eigenvalue weighted by Gasteiger charge is 2.40. The summed E-state index contributed by atoms with van der Waals surface area (Å²) >= 11 is 0. The molecule has 0 amide bonds. The van der Waals surface area contributed by atoms with E-state index in [1.807, 2.05) is 0 Å². The second-order valence-electron chi connectivity index (χ2n) is 30.7. The van der Waals surface area contributed by atoms with Gasteiger partial charge in [0.05, 0.1) is 11.0 Å². The van der Waals surface area contributed by atoms with Crippen LogP contribution in [0.15, 0.2) is 271 Å². The molecule has 7 aliphatic rings. The third-order valence-electron chi connectivity index (χ3n) is 24.4. The highest BCUT2D eigenvalue weighted by atomic mass is 15.0. The first kappa shape index (κ1) is 59.3. The predicted octanol–water partition coefficient (Wildman–Crippen LogP) is 25.4. The van der Waals surface area contributed by atoms with Crippen molar-refractivity contribution in [2.24, 2.45) is 11.8 Å². The highest BCUT2D eigenvalue weighted by Crippen LogP contribution is 2.55. The molecular weight excluding hydrogens is 1180 g/mol. The Balaban J connectivity index is 0.721. The van der Waals surface area contributed by atoms with Gasteiger partial charge in [0.1, 0.15) is 0 Å². The van der Waals surface area contributed by atoms with E-state index >= 15 is 0 Å². The van der Waals surface area contributed by atoms with Gasteiger partial charge < -0.3 is 9.13 Å². The molecule has 3 atom stereocenters. The molecule has 0 bridgehead atoms. The van der Waals surface area contributed by atoms with Crippen molar-refractivity contribution in [3.63, 3.8) is 0 Å². The standard InChI is InChI=1S/C96H84N2/c1-95(2)87-37-19-17-35-79(87)81-57-85-83-55-69(65-31-21-33-67(47-65)75-51-71(61-23-9-5-10-24-61)49-72(52-75)62-25-11-6-12-26-62)39-45-91(83)97(93(85)59-89(81)95)77-41-43-78(44-42-77)98-92-46-40-70(56-84(92)86-58-82-80-36-18-20-38-88(80)96(3,4)90(82)60-94(86)98)66-32-22-34-68(48-66)76-53-73(63-27-13-7-14-28-63)50-74(54-76)64-29-15-8-16-30-64/h5-7,9-14,17-21,23-29,31,33,35-38,41-44,47-49,51-52,54-60,68,73,76H,8,15-16,22,30,32,34,39-40,45-46,50,53H2,1-4H3. The van der Waals surface area contributed by atoms with Crippen LogP contribution in [0.5, 0.6) is 0 Å². The second-order valence-corrected chi connectivity index (χ2v) is 30.7. The summed E-state index contributed by atoms with van der Waals surface area (Å²) in [5, 5.41) is 2.70. The quantitative estimate of drug-likeness (QED) is 0.129. The Hall–Kier alpha value is -10.0. The third kappa shape index (κ3) is 9.78. The lowest BCUT2D eigenvalue weighted by Crippen LogP contribution is -2.23. The van der Waals surface area contributed by atoms with Gasteiger partial charge in [0, 0.05) is 55.5 Å². The minimum atomic E-state index is -0.136. The van der Waals surface area contributed by atoms with Gasteiger partial charge in [0.2, 0.25) is 0 Å². The molecule has 7 aliphatic carbocycles. The molecule has 12 aromatic rings. The zero-order valence-corrected chi connectivity index (χ0v) is 57.1. The molecule has 0 saturated carbocycles. The van der Waals surface area contributed by atoms with Crippen molar-refractivity contribution < 1.29 is 0 Å². The first-order valence-corrected chi connectivity index (χ1v) is 36.7. The van der Waals surface area contributed by atoms with Crippen molar-refractivity contribution in [3.8, 4) is 67.0 Å². The fourth-order valence-corrected chi connectivity index (χ4v) is 19.3. The normalized spacial score (nSPS) is 19.5. The third-order valence-corrected chi connectivity index (χ3v) is 24.4. The average molecular weight is 1270 g/mol. The molecule has 2 heteroatoms. The molecule has 2 aromatic heterocycles. The Kier molecular flexibility index (Phi) is 14.1. The Morgan fingerprint density at radius 2 is 0.837 bits per heavy atom. The van der Waals surface area contributed by atoms with Gasteiger partial charge in [0.15, 0.2) is 0 Å². The summed E-state index contributed by atoms with van der Waals surface area (Å²) in [6.07, 6.45) is 28.6. The van der Waals surface area contributed by atoms with E-state index in [9.17, 15) is 0 Å². The van der Waals surface area contributed by atoms with Gasteiger partial charge in [-0.3, -0.25) is 0 Å². The molecule has 2 heterocycles. The number of fused-ring (bicyclic) bond motifs is 12. The van der Waals surface area contributed by atoms with Crippen molar-refractivity contribution >= 4 is 39.5 Å². The van der Waals surface area contributed by atoms with Crippen LogP contribution < -0.4 is 0 Å². The van der Waals surface area contributed by atoms with Crippen LogP contribution in [0, 0.1) is 11.8 Å². The predicted molar refractivity (Wildman–Crippen MR) is 412 cm³/mol. The topological polar surface area (TPSA) is 9.86 Å². The van der Waals surface area contributed by atoms with Crippen molar-refractivity contribution in [1.29, 1.82) is 0 Å². The van der Waals surface area contributed by atoms with Crippen molar-refractivity contribution in [2.75, 3.05) is 0 Å². The lowest BCUT2D eigenvalue weighted by molar-refractivity contribution is 0.351. The van der Waals surface area contributed by atoms with E-state index in [4.69, 9.17) is 0 Å². The van der Waals surface area contributed by atoms with Crippen LogP contribution >= 0.6 is 0 Å². The molecule has 0 fully saturated rings. The number of rotatable bonds is 10. The number of nitrogens with zero attached hydrogens (tertiary/aromatic N) is 2. The SMILES string of the molecule is CC1(C)c2ccccc2-c2cc3c4c(n(-c5ccc(-n6c7c(c8cc9c(cc86)C(C)(C)c6ccccc6-9)C=C(c6cccc(-c8cc(-c9ccccc9)cc(-c9ccccc9)c8)c6)CC7)cc5)c3cc21)CCC(C1=CC(C2C=C(C3=CCCCC3)CC(c3ccccc3)C2)CCC1)=C4. The van der Waals surface area contributed by atoms with Gasteiger partial charge in [-0.15, -0.1) is 0 Å². The van der Waals surface area contributed by atoms with Gasteiger partial charge in [-0.05, 0) is 303 Å². The van der Waals surface area contributed by atoms with Crippen LogP contribution in [0.2, 0.25) is 0 Å². The number of allylic oxidation sites excluding steroid dienone is 8. The zero-order valence-electron chi connectivity index (χ0n) is 57.1. The summed E-state index contributed by atoms with van der Waals surface area (Å²) in [4.78, 5) is 0. The molecule has 0 radical (unpaired) electrons. The summed E-state index contributed by atoms with van der Waals surface area (Å²) in [5.41, 5.74) is 39.6. The molecule has 98 heavy (non-hydrogen) atoms. The second kappa shape index (κ2) is 23.3. The van der Waals surface area contributed by atoms with E-state index < -0.39 is 0 Å². The molecule has 0 N–H and O–H groups in total. The van der Waals surface area contributed by atoms with E-state index in [1.165, 1.54) is 208 Å². The Bertz CT molecular complexity index is 5340. The van der Waals surface area contributed by atoms with E-state index in [0.29, 0.717) is 17.8 Å². The van der Waals surface area contributed by atoms with Crippen LogP contribution in [0.4, 0.5) is 0 Å². The first-order valence-electron chi connectivity index (χ1n) is 36.7. The summed E-state index contributed by atoms with van der Waals surface area (Å²) in [5.74, 6) is 1.68. The molecule has 19 rings (SSSR count). The van der Waals surface area contributed by atoms with E-state index in [2.05, 4.69) is 298 Å². The summed E-state index contributed by atoms with van der Waals surface area (Å²) in [6, 6.07) is 88.1. The van der Waals surface area contributed by atoms with Crippen LogP contribution in [0.3, 0.4) is 0 Å². The maximum absolute atomic E-state index is 2.79. The maximum atomic E-state index is 2.79. The Morgan fingerprint density at radius 3 is 1.42 bits per heavy atom. The minimum absolute atomic E-state index is 0.119. The summed E-state index contributed by atoms with van der Waals surface area (Å²) < 4.78 is 5.32. The molecule has 0 saturated heterocycles. The molecule has 10 aromatic carbocycles. The average Bonchev–Trinajstić information content (AvgIpc) is 1.55. The minimum Gasteiger partial charge on any atom is -0.313 e. The van der Waals surface area contributed by atoms with Gasteiger partial charge in [-0.2, -0.15) is 0 Å². The molecule has 2 nitrogen and oxygen atoms in total. The zero-order chi connectivity index (χ0) is 65.4. The van der Waals surface area contributed by atoms with Gasteiger partial charge in [-0.1, -0.05) is 204 Å². The van der Waals surface area contributed by atoms with E-state index in [-0.39, 0.29) is 10.8 Å². The fourth-order valence-electron chi connectivity index (χ4n) is 19.3. The van der Waals surface area contributed by atoms with E-state index in [1.54, 1.807) is 22.3 Å². The van der Waals surface area contributed by atoms with Crippen molar-refractivity contribution in [3.05, 3.63) is 327 Å².